The molecule has 1 rings (SSSR count). The van der Waals surface area contributed by atoms with E-state index in [2.05, 4.69) is 15.4 Å². The van der Waals surface area contributed by atoms with Crippen molar-refractivity contribution in [3.05, 3.63) is 5.82 Å². The standard InChI is InChI=1S/C14H25N5O3/c1-12(2,3)19-16-10(15-17-19)14(7,9-20)18(8)11(21)22-13(4,5)6/h9H,1-8H3. The van der Waals surface area contributed by atoms with Gasteiger partial charge in [-0.25, -0.2) is 4.79 Å². The molecular weight excluding hydrogens is 286 g/mol. The molecule has 0 saturated heterocycles. The van der Waals surface area contributed by atoms with E-state index in [1.165, 1.54) is 16.7 Å². The van der Waals surface area contributed by atoms with Gasteiger partial charge in [-0.1, -0.05) is 0 Å². The van der Waals surface area contributed by atoms with Crippen LogP contribution in [0.15, 0.2) is 0 Å². The lowest BCUT2D eigenvalue weighted by molar-refractivity contribution is -0.118. The summed E-state index contributed by atoms with van der Waals surface area (Å²) in [6.45, 7) is 12.5. The summed E-state index contributed by atoms with van der Waals surface area (Å²) in [6.07, 6.45) is -0.0183. The summed E-state index contributed by atoms with van der Waals surface area (Å²) in [7, 11) is 1.47. The average Bonchev–Trinajstić information content (AvgIpc) is 2.84. The molecule has 8 nitrogen and oxygen atoms in total. The Bertz CT molecular complexity index is 556. The highest BCUT2D eigenvalue weighted by atomic mass is 16.6. The molecule has 1 amide bonds. The van der Waals surface area contributed by atoms with E-state index in [-0.39, 0.29) is 11.4 Å². The third-order valence-corrected chi connectivity index (χ3v) is 3.06. The third-order valence-electron chi connectivity index (χ3n) is 3.06. The summed E-state index contributed by atoms with van der Waals surface area (Å²) in [5.74, 6) is 0.144. The van der Waals surface area contributed by atoms with Crippen LogP contribution in [0.2, 0.25) is 0 Å². The van der Waals surface area contributed by atoms with Crippen LogP contribution < -0.4 is 0 Å². The zero-order chi connectivity index (χ0) is 17.3. The maximum absolute atomic E-state index is 12.2. The maximum Gasteiger partial charge on any atom is 0.411 e. The molecule has 1 heterocycles. The lowest BCUT2D eigenvalue weighted by atomic mass is 10.0. The minimum Gasteiger partial charge on any atom is -0.444 e. The van der Waals surface area contributed by atoms with Crippen molar-refractivity contribution in [2.45, 2.75) is 65.1 Å². The summed E-state index contributed by atoms with van der Waals surface area (Å²) in [5.41, 5.74) is -2.39. The first kappa shape index (κ1) is 18.1. The highest BCUT2D eigenvalue weighted by Gasteiger charge is 2.41. The Kier molecular flexibility index (Phi) is 4.65. The van der Waals surface area contributed by atoms with Gasteiger partial charge in [0.2, 0.25) is 5.82 Å². The lowest BCUT2D eigenvalue weighted by Crippen LogP contribution is -2.49. The maximum atomic E-state index is 12.2. The van der Waals surface area contributed by atoms with Crippen LogP contribution in [0.5, 0.6) is 0 Å². The quantitative estimate of drug-likeness (QED) is 0.789. The Balaban J connectivity index is 3.13. The number of carbonyl (C=O) groups is 2. The fraction of sp³-hybridized carbons (Fsp3) is 0.786. The van der Waals surface area contributed by atoms with Gasteiger partial charge in [0.15, 0.2) is 11.8 Å². The fourth-order valence-electron chi connectivity index (χ4n) is 1.50. The number of hydrogen-bond acceptors (Lipinski definition) is 6. The van der Waals surface area contributed by atoms with Gasteiger partial charge in [0.1, 0.15) is 5.60 Å². The molecule has 0 aliphatic rings. The van der Waals surface area contributed by atoms with Crippen LogP contribution in [0.4, 0.5) is 4.79 Å². The predicted molar refractivity (Wildman–Crippen MR) is 80.2 cm³/mol. The van der Waals surface area contributed by atoms with Crippen molar-refractivity contribution in [2.75, 3.05) is 7.05 Å². The van der Waals surface area contributed by atoms with E-state index in [9.17, 15) is 9.59 Å². The van der Waals surface area contributed by atoms with Gasteiger partial charge in [-0.3, -0.25) is 4.90 Å². The number of nitrogens with zero attached hydrogens (tertiary/aromatic N) is 5. The van der Waals surface area contributed by atoms with Gasteiger partial charge >= 0.3 is 6.09 Å². The van der Waals surface area contributed by atoms with Gasteiger partial charge in [0, 0.05) is 7.05 Å². The van der Waals surface area contributed by atoms with Crippen molar-refractivity contribution >= 4 is 12.4 Å². The van der Waals surface area contributed by atoms with E-state index < -0.39 is 17.2 Å². The largest absolute Gasteiger partial charge is 0.444 e. The minimum absolute atomic E-state index is 0.144. The van der Waals surface area contributed by atoms with Gasteiger partial charge in [0.25, 0.3) is 0 Å². The van der Waals surface area contributed by atoms with Crippen LogP contribution in [0.25, 0.3) is 0 Å². The number of tetrazole rings is 1. The summed E-state index contributed by atoms with van der Waals surface area (Å²) < 4.78 is 5.29. The molecular formula is C14H25N5O3. The Morgan fingerprint density at radius 1 is 1.18 bits per heavy atom. The van der Waals surface area contributed by atoms with Gasteiger partial charge in [-0.15, -0.1) is 10.2 Å². The summed E-state index contributed by atoms with van der Waals surface area (Å²) >= 11 is 0. The first-order valence-electron chi connectivity index (χ1n) is 7.05. The molecule has 1 atom stereocenters. The van der Waals surface area contributed by atoms with E-state index >= 15 is 0 Å². The van der Waals surface area contributed by atoms with Crippen molar-refractivity contribution < 1.29 is 14.3 Å². The van der Waals surface area contributed by atoms with Crippen molar-refractivity contribution in [1.29, 1.82) is 0 Å². The molecule has 0 N–H and O–H groups in total. The number of likely N-dealkylation sites (N-methyl/N-ethyl adjacent to an activating group) is 1. The number of ether oxygens (including phenoxy) is 1. The molecule has 0 spiro atoms. The zero-order valence-corrected chi connectivity index (χ0v) is 14.5. The van der Waals surface area contributed by atoms with E-state index in [4.69, 9.17) is 4.74 Å². The van der Waals surface area contributed by atoms with Crippen LogP contribution >= 0.6 is 0 Å². The van der Waals surface area contributed by atoms with E-state index in [1.54, 1.807) is 27.7 Å². The first-order chi connectivity index (χ1) is 9.81. The first-order valence-corrected chi connectivity index (χ1v) is 7.05. The molecule has 0 radical (unpaired) electrons. The summed E-state index contributed by atoms with van der Waals surface area (Å²) in [6, 6.07) is 0. The van der Waals surface area contributed by atoms with Gasteiger partial charge < -0.3 is 9.53 Å². The third kappa shape index (κ3) is 3.80. The molecule has 1 aromatic heterocycles. The van der Waals surface area contributed by atoms with Crippen molar-refractivity contribution in [2.24, 2.45) is 0 Å². The Hall–Kier alpha value is -1.99. The normalized spacial score (nSPS) is 15.1. The molecule has 0 fully saturated rings. The molecule has 0 aliphatic carbocycles. The van der Waals surface area contributed by atoms with Crippen molar-refractivity contribution in [1.82, 2.24) is 25.1 Å². The van der Waals surface area contributed by atoms with Crippen molar-refractivity contribution in [3.63, 3.8) is 0 Å². The number of carbonyl (C=O) groups excluding carboxylic acids is 2. The summed E-state index contributed by atoms with van der Waals surface area (Å²) in [5, 5.41) is 12.1. The van der Waals surface area contributed by atoms with Crippen LogP contribution in [0, 0.1) is 0 Å². The van der Waals surface area contributed by atoms with Gasteiger partial charge in [0.05, 0.1) is 5.54 Å². The van der Waals surface area contributed by atoms with Crippen LogP contribution in [0.1, 0.15) is 54.3 Å². The topological polar surface area (TPSA) is 90.2 Å². The highest BCUT2D eigenvalue weighted by Crippen LogP contribution is 2.24. The molecule has 1 aromatic rings. The van der Waals surface area contributed by atoms with E-state index in [1.807, 2.05) is 20.8 Å². The molecule has 0 aromatic carbocycles. The lowest BCUT2D eigenvalue weighted by Gasteiger charge is -2.33. The number of hydrogen-bond donors (Lipinski definition) is 0. The van der Waals surface area contributed by atoms with Crippen molar-refractivity contribution in [3.8, 4) is 0 Å². The molecule has 0 aliphatic heterocycles. The van der Waals surface area contributed by atoms with Gasteiger partial charge in [-0.05, 0) is 53.7 Å². The second-order valence-corrected chi connectivity index (χ2v) is 7.38. The highest BCUT2D eigenvalue weighted by molar-refractivity contribution is 5.76. The van der Waals surface area contributed by atoms with Crippen LogP contribution in [-0.4, -0.2) is 50.1 Å². The SMILES string of the molecule is CN(C(=O)OC(C)(C)C)C(C)(C=O)c1nnn(C(C)(C)C)n1. The molecule has 124 valence electrons. The minimum atomic E-state index is -1.36. The number of aromatic nitrogens is 4. The fourth-order valence-corrected chi connectivity index (χ4v) is 1.50. The number of aldehydes is 1. The monoisotopic (exact) mass is 311 g/mol. The van der Waals surface area contributed by atoms with Crippen LogP contribution in [0.3, 0.4) is 0 Å². The predicted octanol–water partition coefficient (Wildman–Crippen LogP) is 1.71. The second-order valence-electron chi connectivity index (χ2n) is 7.38. The molecule has 1 unspecified atom stereocenters. The van der Waals surface area contributed by atoms with E-state index in [0.29, 0.717) is 6.29 Å². The van der Waals surface area contributed by atoms with Crippen LogP contribution in [-0.2, 0) is 20.6 Å². The molecule has 0 saturated carbocycles. The second kappa shape index (κ2) is 5.66. The van der Waals surface area contributed by atoms with Gasteiger partial charge in [-0.2, -0.15) is 4.80 Å². The zero-order valence-electron chi connectivity index (χ0n) is 14.5. The Labute approximate surface area is 130 Å². The van der Waals surface area contributed by atoms with E-state index in [0.717, 1.165) is 0 Å². The molecule has 0 bridgehead atoms. The summed E-state index contributed by atoms with van der Waals surface area (Å²) in [4.78, 5) is 26.4. The molecule has 8 heteroatoms. The molecule has 22 heavy (non-hydrogen) atoms. The Morgan fingerprint density at radius 3 is 2.09 bits per heavy atom. The number of rotatable bonds is 3. The smallest absolute Gasteiger partial charge is 0.411 e. The number of amides is 1. The average molecular weight is 311 g/mol. The Morgan fingerprint density at radius 2 is 1.73 bits per heavy atom.